The first-order chi connectivity index (χ1) is 5.27. The van der Waals surface area contributed by atoms with E-state index in [-0.39, 0.29) is 0 Å². The Labute approximate surface area is 67.6 Å². The summed E-state index contributed by atoms with van der Waals surface area (Å²) in [7, 11) is 0. The molecule has 0 spiro atoms. The molecule has 0 radical (unpaired) electrons. The van der Waals surface area contributed by atoms with Crippen LogP contribution >= 0.6 is 11.8 Å². The van der Waals surface area contributed by atoms with E-state index in [2.05, 4.69) is 0 Å². The normalized spacial score (nSPS) is 15.1. The Morgan fingerprint density at radius 1 is 1.00 bits per heavy atom. The summed E-state index contributed by atoms with van der Waals surface area (Å²) >= 11 is 1.69. The number of hydrogen-bond acceptors (Lipinski definition) is 1. The second-order valence-electron chi connectivity index (χ2n) is 2.53. The molecule has 1 aliphatic heterocycles. The number of thioether (sulfide) groups is 1. The lowest BCUT2D eigenvalue weighted by molar-refractivity contribution is 0.507. The Morgan fingerprint density at radius 3 is 1.91 bits per heavy atom. The van der Waals surface area contributed by atoms with Crippen LogP contribution in [0.5, 0.6) is 0 Å². The van der Waals surface area contributed by atoms with Gasteiger partial charge in [-0.3, -0.25) is 0 Å². The van der Waals surface area contributed by atoms with Crippen molar-refractivity contribution >= 4 is 11.8 Å². The zero-order chi connectivity index (χ0) is 7.84. The molecule has 0 nitrogen and oxygen atoms in total. The molecule has 1 heterocycles. The summed E-state index contributed by atoms with van der Waals surface area (Å²) in [6, 6.07) is 2.59. The van der Waals surface area contributed by atoms with Crippen molar-refractivity contribution in [3.8, 4) is 0 Å². The van der Waals surface area contributed by atoms with Crippen LogP contribution in [-0.4, -0.2) is 0 Å². The summed E-state index contributed by atoms with van der Waals surface area (Å²) < 4.78 is 25.2. The Bertz CT molecular complexity index is 267. The molecule has 3 heteroatoms. The maximum absolute atomic E-state index is 12.6. The summed E-state index contributed by atoms with van der Waals surface area (Å²) in [5.41, 5.74) is 1.88. The molecular formula is C8H6F2S. The standard InChI is InChI=1S/C8H6F2S/c9-7-1-5-3-11-4-6(5)2-8(7)10/h1-2H,3-4H2. The summed E-state index contributed by atoms with van der Waals surface area (Å²) in [5.74, 6) is 0.163. The van der Waals surface area contributed by atoms with Gasteiger partial charge in [0.1, 0.15) is 0 Å². The second kappa shape index (κ2) is 2.48. The minimum Gasteiger partial charge on any atom is -0.204 e. The predicted molar refractivity (Wildman–Crippen MR) is 41.4 cm³/mol. The van der Waals surface area contributed by atoms with Crippen LogP contribution in [-0.2, 0) is 11.5 Å². The lowest BCUT2D eigenvalue weighted by Crippen LogP contribution is -1.89. The third-order valence-corrected chi connectivity index (χ3v) is 2.79. The van der Waals surface area contributed by atoms with Gasteiger partial charge in [0.15, 0.2) is 11.6 Å². The highest BCUT2D eigenvalue weighted by atomic mass is 32.2. The Hall–Kier alpha value is -0.570. The molecule has 0 unspecified atom stereocenters. The van der Waals surface area contributed by atoms with Crippen molar-refractivity contribution < 1.29 is 8.78 Å². The SMILES string of the molecule is Fc1cc2c(cc1F)CSC2. The monoisotopic (exact) mass is 172 g/mol. The second-order valence-corrected chi connectivity index (χ2v) is 3.51. The van der Waals surface area contributed by atoms with E-state index in [4.69, 9.17) is 0 Å². The van der Waals surface area contributed by atoms with Gasteiger partial charge in [0, 0.05) is 11.5 Å². The van der Waals surface area contributed by atoms with Crippen molar-refractivity contribution in [3.63, 3.8) is 0 Å². The molecular weight excluding hydrogens is 166 g/mol. The Morgan fingerprint density at radius 2 is 1.45 bits per heavy atom. The Balaban J connectivity index is 2.57. The first-order valence-corrected chi connectivity index (χ1v) is 4.47. The van der Waals surface area contributed by atoms with Crippen molar-refractivity contribution in [2.45, 2.75) is 11.5 Å². The van der Waals surface area contributed by atoms with Gasteiger partial charge in [-0.2, -0.15) is 11.8 Å². The molecule has 1 aliphatic rings. The van der Waals surface area contributed by atoms with Crippen LogP contribution in [0.1, 0.15) is 11.1 Å². The summed E-state index contributed by atoms with van der Waals surface area (Å²) in [6.07, 6.45) is 0. The number of fused-ring (bicyclic) bond motifs is 1. The third kappa shape index (κ3) is 1.13. The summed E-state index contributed by atoms with van der Waals surface area (Å²) in [6.45, 7) is 0. The molecule has 58 valence electrons. The topological polar surface area (TPSA) is 0 Å². The van der Waals surface area contributed by atoms with Gasteiger partial charge >= 0.3 is 0 Å². The molecule has 1 aromatic rings. The zero-order valence-electron chi connectivity index (χ0n) is 5.73. The average Bonchev–Trinajstić information content (AvgIpc) is 2.36. The van der Waals surface area contributed by atoms with Crippen LogP contribution in [0.2, 0.25) is 0 Å². The summed E-state index contributed by atoms with van der Waals surface area (Å²) in [5, 5.41) is 0. The molecule has 0 aliphatic carbocycles. The highest BCUT2D eigenvalue weighted by Gasteiger charge is 2.14. The Kier molecular flexibility index (Phi) is 1.60. The van der Waals surface area contributed by atoms with E-state index in [0.29, 0.717) is 0 Å². The van der Waals surface area contributed by atoms with Gasteiger partial charge in [-0.15, -0.1) is 0 Å². The maximum Gasteiger partial charge on any atom is 0.159 e. The molecule has 11 heavy (non-hydrogen) atoms. The summed E-state index contributed by atoms with van der Waals surface area (Å²) in [4.78, 5) is 0. The van der Waals surface area contributed by atoms with Gasteiger partial charge in [-0.1, -0.05) is 0 Å². The van der Waals surface area contributed by atoms with Gasteiger partial charge < -0.3 is 0 Å². The lowest BCUT2D eigenvalue weighted by Gasteiger charge is -1.97. The zero-order valence-corrected chi connectivity index (χ0v) is 6.55. The molecule has 1 aromatic carbocycles. The van der Waals surface area contributed by atoms with E-state index in [9.17, 15) is 8.78 Å². The molecule has 0 bridgehead atoms. The molecule has 0 saturated carbocycles. The van der Waals surface area contributed by atoms with Crippen molar-refractivity contribution in [3.05, 3.63) is 34.9 Å². The predicted octanol–water partition coefficient (Wildman–Crippen LogP) is 2.71. The van der Waals surface area contributed by atoms with E-state index in [1.54, 1.807) is 11.8 Å². The van der Waals surface area contributed by atoms with E-state index < -0.39 is 11.6 Å². The fraction of sp³-hybridized carbons (Fsp3) is 0.250. The molecule has 0 aromatic heterocycles. The average molecular weight is 172 g/mol. The quantitative estimate of drug-likeness (QED) is 0.579. The van der Waals surface area contributed by atoms with Crippen LogP contribution < -0.4 is 0 Å². The third-order valence-electron chi connectivity index (χ3n) is 1.76. The van der Waals surface area contributed by atoms with Gasteiger partial charge in [-0.25, -0.2) is 8.78 Å². The minimum atomic E-state index is -0.730. The van der Waals surface area contributed by atoms with Gasteiger partial charge in [-0.05, 0) is 23.3 Å². The van der Waals surface area contributed by atoms with Crippen LogP contribution in [0.25, 0.3) is 0 Å². The number of rotatable bonds is 0. The van der Waals surface area contributed by atoms with Crippen molar-refractivity contribution in [1.29, 1.82) is 0 Å². The van der Waals surface area contributed by atoms with Crippen LogP contribution in [0.4, 0.5) is 8.78 Å². The fourth-order valence-corrected chi connectivity index (χ4v) is 2.25. The lowest BCUT2D eigenvalue weighted by atomic mass is 10.1. The number of benzene rings is 1. The molecule has 0 saturated heterocycles. The molecule has 0 amide bonds. The van der Waals surface area contributed by atoms with E-state index in [1.807, 2.05) is 0 Å². The van der Waals surface area contributed by atoms with Gasteiger partial charge in [0.05, 0.1) is 0 Å². The first kappa shape index (κ1) is 7.10. The van der Waals surface area contributed by atoms with Gasteiger partial charge in [0.25, 0.3) is 0 Å². The molecule has 0 atom stereocenters. The smallest absolute Gasteiger partial charge is 0.159 e. The van der Waals surface area contributed by atoms with Crippen LogP contribution in [0, 0.1) is 11.6 Å². The fourth-order valence-electron chi connectivity index (χ4n) is 1.17. The minimum absolute atomic E-state index is 0.730. The van der Waals surface area contributed by atoms with Crippen molar-refractivity contribution in [2.24, 2.45) is 0 Å². The highest BCUT2D eigenvalue weighted by molar-refractivity contribution is 7.98. The van der Waals surface area contributed by atoms with Crippen molar-refractivity contribution in [2.75, 3.05) is 0 Å². The highest BCUT2D eigenvalue weighted by Crippen LogP contribution is 2.30. The van der Waals surface area contributed by atoms with E-state index >= 15 is 0 Å². The molecule has 0 fully saturated rings. The maximum atomic E-state index is 12.6. The van der Waals surface area contributed by atoms with E-state index in [0.717, 1.165) is 22.6 Å². The molecule has 2 rings (SSSR count). The number of hydrogen-bond donors (Lipinski definition) is 0. The van der Waals surface area contributed by atoms with Crippen molar-refractivity contribution in [1.82, 2.24) is 0 Å². The van der Waals surface area contributed by atoms with Crippen LogP contribution in [0.15, 0.2) is 12.1 Å². The largest absolute Gasteiger partial charge is 0.204 e. The molecule has 0 N–H and O–H groups in total. The van der Waals surface area contributed by atoms with E-state index in [1.165, 1.54) is 12.1 Å². The van der Waals surface area contributed by atoms with Crippen LogP contribution in [0.3, 0.4) is 0 Å². The first-order valence-electron chi connectivity index (χ1n) is 3.32. The number of halogens is 2. The van der Waals surface area contributed by atoms with Gasteiger partial charge in [0.2, 0.25) is 0 Å².